The minimum Gasteiger partial charge on any atom is -0.493 e. The van der Waals surface area contributed by atoms with Crippen LogP contribution in [0.15, 0.2) is 24.3 Å². The van der Waals surface area contributed by atoms with Crippen molar-refractivity contribution in [3.8, 4) is 5.75 Å². The van der Waals surface area contributed by atoms with E-state index in [9.17, 15) is 5.11 Å². The number of aliphatic hydroxyl groups excluding tert-OH is 1. The van der Waals surface area contributed by atoms with Gasteiger partial charge >= 0.3 is 0 Å². The maximum absolute atomic E-state index is 10.8. The Hall–Kier alpha value is -1.06. The first-order valence-corrected chi connectivity index (χ1v) is 7.18. The van der Waals surface area contributed by atoms with Crippen LogP contribution in [0, 0.1) is 0 Å². The summed E-state index contributed by atoms with van der Waals surface area (Å²) in [5.41, 5.74) is 0.267. The predicted molar refractivity (Wildman–Crippen MR) is 77.5 cm³/mol. The Morgan fingerprint density at radius 2 is 1.68 bits per heavy atom. The Labute approximate surface area is 116 Å². The van der Waals surface area contributed by atoms with Crippen LogP contribution in [0.3, 0.4) is 0 Å². The summed E-state index contributed by atoms with van der Waals surface area (Å²) in [7, 11) is 0. The minimum absolute atomic E-state index is 0.540. The second-order valence-electron chi connectivity index (χ2n) is 4.58. The molecule has 1 aromatic rings. The van der Waals surface area contributed by atoms with Gasteiger partial charge in [0.05, 0.1) is 12.2 Å². The van der Waals surface area contributed by atoms with Crippen LogP contribution >= 0.6 is 0 Å². The zero-order valence-electron chi connectivity index (χ0n) is 12.5. The van der Waals surface area contributed by atoms with Crippen LogP contribution in [-0.2, 0) is 4.74 Å². The molecule has 1 rings (SSSR count). The predicted octanol–water partition coefficient (Wildman–Crippen LogP) is 3.71. The van der Waals surface area contributed by atoms with Crippen molar-refractivity contribution in [3.05, 3.63) is 29.8 Å². The Morgan fingerprint density at radius 3 is 2.21 bits per heavy atom. The monoisotopic (exact) mass is 266 g/mol. The lowest BCUT2D eigenvalue weighted by atomic mass is 9.85. The minimum atomic E-state index is -0.676. The lowest BCUT2D eigenvalue weighted by Crippen LogP contribution is -2.38. The van der Waals surface area contributed by atoms with Crippen molar-refractivity contribution in [2.24, 2.45) is 0 Å². The molecule has 3 nitrogen and oxygen atoms in total. The van der Waals surface area contributed by atoms with Gasteiger partial charge in [0.2, 0.25) is 0 Å². The number of benzene rings is 1. The molecule has 3 heteroatoms. The zero-order chi connectivity index (χ0) is 14.3. The standard InChI is InChI=1S/C16H26O3/c1-5-16(6-2,19-8-4)15(17)13-11-9-10-12-14(13)18-7-3/h9-12,15,17H,5-8H2,1-4H3. The smallest absolute Gasteiger partial charge is 0.125 e. The van der Waals surface area contributed by atoms with Gasteiger partial charge in [-0.05, 0) is 32.8 Å². The maximum Gasteiger partial charge on any atom is 0.125 e. The van der Waals surface area contributed by atoms with Gasteiger partial charge in [-0.1, -0.05) is 32.0 Å². The van der Waals surface area contributed by atoms with Crippen molar-refractivity contribution in [2.45, 2.75) is 52.2 Å². The van der Waals surface area contributed by atoms with E-state index in [2.05, 4.69) is 0 Å². The molecular formula is C16H26O3. The lowest BCUT2D eigenvalue weighted by Gasteiger charge is -2.37. The Kier molecular flexibility index (Phi) is 6.32. The number of aliphatic hydroxyl groups is 1. The highest BCUT2D eigenvalue weighted by Gasteiger charge is 2.37. The number of ether oxygens (including phenoxy) is 2. The third-order valence-electron chi connectivity index (χ3n) is 3.64. The van der Waals surface area contributed by atoms with E-state index in [4.69, 9.17) is 9.47 Å². The van der Waals surface area contributed by atoms with Crippen molar-refractivity contribution in [2.75, 3.05) is 13.2 Å². The molecular weight excluding hydrogens is 240 g/mol. The fraction of sp³-hybridized carbons (Fsp3) is 0.625. The average Bonchev–Trinajstić information content (AvgIpc) is 2.45. The molecule has 0 fully saturated rings. The molecule has 0 heterocycles. The van der Waals surface area contributed by atoms with E-state index in [1.807, 2.05) is 52.0 Å². The van der Waals surface area contributed by atoms with Crippen LogP contribution < -0.4 is 4.74 Å². The molecule has 108 valence electrons. The summed E-state index contributed by atoms with van der Waals surface area (Å²) in [5, 5.41) is 10.8. The molecule has 0 spiro atoms. The van der Waals surface area contributed by atoms with Crippen molar-refractivity contribution in [1.29, 1.82) is 0 Å². The molecule has 1 aromatic carbocycles. The number of hydrogen-bond donors (Lipinski definition) is 1. The van der Waals surface area contributed by atoms with Crippen molar-refractivity contribution in [3.63, 3.8) is 0 Å². The molecule has 0 radical (unpaired) electrons. The molecule has 0 aromatic heterocycles. The molecule has 0 bridgehead atoms. The fourth-order valence-corrected chi connectivity index (χ4v) is 2.48. The normalized spacial score (nSPS) is 13.3. The third kappa shape index (κ3) is 3.48. The summed E-state index contributed by atoms with van der Waals surface area (Å²) < 4.78 is 11.5. The molecule has 0 aliphatic heterocycles. The van der Waals surface area contributed by atoms with E-state index in [0.717, 1.165) is 24.2 Å². The molecule has 19 heavy (non-hydrogen) atoms. The summed E-state index contributed by atoms with van der Waals surface area (Å²) in [6.07, 6.45) is 0.850. The molecule has 0 saturated heterocycles. The van der Waals surface area contributed by atoms with E-state index in [0.29, 0.717) is 13.2 Å². The summed E-state index contributed by atoms with van der Waals surface area (Å²) >= 11 is 0. The summed E-state index contributed by atoms with van der Waals surface area (Å²) in [6, 6.07) is 7.64. The molecule has 1 N–H and O–H groups in total. The van der Waals surface area contributed by atoms with Crippen LogP contribution in [0.5, 0.6) is 5.75 Å². The van der Waals surface area contributed by atoms with E-state index in [1.165, 1.54) is 0 Å². The van der Waals surface area contributed by atoms with Crippen LogP contribution in [0.4, 0.5) is 0 Å². The highest BCUT2D eigenvalue weighted by atomic mass is 16.5. The zero-order valence-corrected chi connectivity index (χ0v) is 12.5. The molecule has 1 atom stereocenters. The molecule has 1 unspecified atom stereocenters. The second-order valence-corrected chi connectivity index (χ2v) is 4.58. The van der Waals surface area contributed by atoms with Crippen LogP contribution in [-0.4, -0.2) is 23.9 Å². The molecule has 0 saturated carbocycles. The first-order chi connectivity index (χ1) is 9.15. The molecule has 0 amide bonds. The lowest BCUT2D eigenvalue weighted by molar-refractivity contribution is -0.128. The fourth-order valence-electron chi connectivity index (χ4n) is 2.48. The number of para-hydroxylation sites is 1. The topological polar surface area (TPSA) is 38.7 Å². The highest BCUT2D eigenvalue weighted by molar-refractivity contribution is 5.36. The number of hydrogen-bond acceptors (Lipinski definition) is 3. The Morgan fingerprint density at radius 1 is 1.05 bits per heavy atom. The first kappa shape index (κ1) is 16.0. The molecule has 0 aliphatic carbocycles. The quantitative estimate of drug-likeness (QED) is 0.779. The van der Waals surface area contributed by atoms with Crippen molar-refractivity contribution < 1.29 is 14.6 Å². The van der Waals surface area contributed by atoms with Gasteiger partial charge in [-0.25, -0.2) is 0 Å². The Bertz CT molecular complexity index is 372. The van der Waals surface area contributed by atoms with E-state index in [-0.39, 0.29) is 0 Å². The van der Waals surface area contributed by atoms with Crippen LogP contribution in [0.25, 0.3) is 0 Å². The van der Waals surface area contributed by atoms with Gasteiger partial charge in [0, 0.05) is 12.2 Å². The van der Waals surface area contributed by atoms with Crippen molar-refractivity contribution >= 4 is 0 Å². The maximum atomic E-state index is 10.8. The van der Waals surface area contributed by atoms with Crippen LogP contribution in [0.2, 0.25) is 0 Å². The third-order valence-corrected chi connectivity index (χ3v) is 3.64. The Balaban J connectivity index is 3.12. The second kappa shape index (κ2) is 7.51. The number of rotatable bonds is 8. The summed E-state index contributed by atoms with van der Waals surface area (Å²) in [5.74, 6) is 0.739. The summed E-state index contributed by atoms with van der Waals surface area (Å²) in [6.45, 7) is 9.18. The van der Waals surface area contributed by atoms with E-state index < -0.39 is 11.7 Å². The van der Waals surface area contributed by atoms with E-state index in [1.54, 1.807) is 0 Å². The van der Waals surface area contributed by atoms with E-state index >= 15 is 0 Å². The van der Waals surface area contributed by atoms with Crippen molar-refractivity contribution in [1.82, 2.24) is 0 Å². The van der Waals surface area contributed by atoms with Gasteiger partial charge in [-0.15, -0.1) is 0 Å². The highest BCUT2D eigenvalue weighted by Crippen LogP contribution is 2.39. The molecule has 0 aliphatic rings. The van der Waals surface area contributed by atoms with Gasteiger partial charge in [0.15, 0.2) is 0 Å². The first-order valence-electron chi connectivity index (χ1n) is 7.18. The average molecular weight is 266 g/mol. The van der Waals surface area contributed by atoms with Crippen LogP contribution in [0.1, 0.15) is 52.2 Å². The SMILES string of the molecule is CCOc1ccccc1C(O)C(CC)(CC)OCC. The van der Waals surface area contributed by atoms with Gasteiger partial charge in [-0.2, -0.15) is 0 Å². The largest absolute Gasteiger partial charge is 0.493 e. The summed E-state index contributed by atoms with van der Waals surface area (Å²) in [4.78, 5) is 0. The van der Waals surface area contributed by atoms with Gasteiger partial charge < -0.3 is 14.6 Å². The van der Waals surface area contributed by atoms with Gasteiger partial charge in [-0.3, -0.25) is 0 Å². The van der Waals surface area contributed by atoms with Gasteiger partial charge in [0.25, 0.3) is 0 Å². The van der Waals surface area contributed by atoms with Gasteiger partial charge in [0.1, 0.15) is 11.9 Å².